The lowest BCUT2D eigenvalue weighted by molar-refractivity contribution is 0.242. The van der Waals surface area contributed by atoms with E-state index in [2.05, 4.69) is 17.1 Å². The van der Waals surface area contributed by atoms with E-state index in [1.165, 1.54) is 25.7 Å². The number of benzene rings is 1. The van der Waals surface area contributed by atoms with Gasteiger partial charge in [-0.3, -0.25) is 0 Å². The van der Waals surface area contributed by atoms with Gasteiger partial charge in [0.1, 0.15) is 0 Å². The van der Waals surface area contributed by atoms with Gasteiger partial charge in [-0.25, -0.2) is 4.98 Å². The summed E-state index contributed by atoms with van der Waals surface area (Å²) in [5, 5.41) is 1.12. The lowest BCUT2D eigenvalue weighted by Gasteiger charge is -2.14. The smallest absolute Gasteiger partial charge is 0.218 e. The summed E-state index contributed by atoms with van der Waals surface area (Å²) >= 11 is 0. The van der Waals surface area contributed by atoms with E-state index in [1.807, 2.05) is 18.2 Å². The van der Waals surface area contributed by atoms with Crippen LogP contribution in [-0.2, 0) is 6.54 Å². The van der Waals surface area contributed by atoms with Gasteiger partial charge in [0, 0.05) is 17.5 Å². The number of ether oxygens (including phenoxy) is 1. The highest BCUT2D eigenvalue weighted by Crippen LogP contribution is 2.27. The maximum atomic E-state index is 5.93. The fraction of sp³-hybridized carbons (Fsp3) is 0.438. The van der Waals surface area contributed by atoms with E-state index in [9.17, 15) is 0 Å². The molecule has 3 nitrogen and oxygen atoms in total. The summed E-state index contributed by atoms with van der Waals surface area (Å²) in [6.45, 7) is 1.25. The number of nitrogens with zero attached hydrogens (tertiary/aromatic N) is 1. The quantitative estimate of drug-likeness (QED) is 0.913. The Balaban J connectivity index is 1.83. The molecular weight excluding hydrogens is 236 g/mol. The molecule has 0 aliphatic heterocycles. The van der Waals surface area contributed by atoms with E-state index in [0.717, 1.165) is 23.1 Å². The van der Waals surface area contributed by atoms with Crippen molar-refractivity contribution in [2.24, 2.45) is 11.7 Å². The van der Waals surface area contributed by atoms with Crippen LogP contribution in [0, 0.1) is 5.92 Å². The number of hydrogen-bond acceptors (Lipinski definition) is 3. The normalized spacial score (nSPS) is 16.1. The molecule has 0 radical (unpaired) electrons. The van der Waals surface area contributed by atoms with Gasteiger partial charge < -0.3 is 10.5 Å². The number of aromatic nitrogens is 1. The molecular formula is C16H20N2O. The minimum absolute atomic E-state index is 0.470. The van der Waals surface area contributed by atoms with Crippen molar-refractivity contribution in [3.63, 3.8) is 0 Å². The molecule has 1 fully saturated rings. The fourth-order valence-electron chi connectivity index (χ4n) is 2.79. The van der Waals surface area contributed by atoms with Crippen LogP contribution in [0.2, 0.25) is 0 Å². The lowest BCUT2D eigenvalue weighted by Crippen LogP contribution is -2.11. The second-order valence-corrected chi connectivity index (χ2v) is 5.31. The number of rotatable bonds is 4. The highest BCUT2D eigenvalue weighted by Gasteiger charge is 2.16. The van der Waals surface area contributed by atoms with Gasteiger partial charge in [0.05, 0.1) is 12.1 Å². The molecule has 0 amide bonds. The van der Waals surface area contributed by atoms with Crippen molar-refractivity contribution in [3.05, 3.63) is 35.9 Å². The first-order chi connectivity index (χ1) is 9.36. The Hall–Kier alpha value is -1.61. The monoisotopic (exact) mass is 256 g/mol. The standard InChI is InChI=1S/C16H20N2O/c17-10-14-9-13-7-3-4-8-15(13)18-16(14)19-11-12-5-1-2-6-12/h3-4,7-9,12H,1-2,5-6,10-11,17H2. The van der Waals surface area contributed by atoms with Crippen molar-refractivity contribution < 1.29 is 4.74 Å². The van der Waals surface area contributed by atoms with E-state index < -0.39 is 0 Å². The fourth-order valence-corrected chi connectivity index (χ4v) is 2.79. The molecule has 1 saturated carbocycles. The zero-order valence-electron chi connectivity index (χ0n) is 11.1. The molecule has 1 aliphatic rings. The maximum Gasteiger partial charge on any atom is 0.218 e. The Morgan fingerprint density at radius 2 is 2.00 bits per heavy atom. The van der Waals surface area contributed by atoms with E-state index in [0.29, 0.717) is 18.3 Å². The molecule has 3 rings (SSSR count). The van der Waals surface area contributed by atoms with Crippen molar-refractivity contribution in [1.82, 2.24) is 4.98 Å². The van der Waals surface area contributed by atoms with Crippen LogP contribution in [0.4, 0.5) is 0 Å². The van der Waals surface area contributed by atoms with Crippen molar-refractivity contribution in [2.75, 3.05) is 6.61 Å². The summed E-state index contributed by atoms with van der Waals surface area (Å²) in [7, 11) is 0. The van der Waals surface area contributed by atoms with Crippen LogP contribution >= 0.6 is 0 Å². The van der Waals surface area contributed by atoms with Gasteiger partial charge in [0.2, 0.25) is 5.88 Å². The van der Waals surface area contributed by atoms with Gasteiger partial charge in [0.25, 0.3) is 0 Å². The molecule has 100 valence electrons. The molecule has 0 bridgehead atoms. The Labute approximate surface area is 113 Å². The molecule has 0 spiro atoms. The number of pyridine rings is 1. The second-order valence-electron chi connectivity index (χ2n) is 5.31. The van der Waals surface area contributed by atoms with Crippen molar-refractivity contribution >= 4 is 10.9 Å². The van der Waals surface area contributed by atoms with Crippen molar-refractivity contribution in [1.29, 1.82) is 0 Å². The van der Waals surface area contributed by atoms with Crippen LogP contribution in [0.25, 0.3) is 10.9 Å². The Kier molecular flexibility index (Phi) is 3.65. The molecule has 2 aromatic rings. The van der Waals surface area contributed by atoms with Gasteiger partial charge >= 0.3 is 0 Å². The molecule has 1 aromatic heterocycles. The SMILES string of the molecule is NCc1cc2ccccc2nc1OCC1CCCC1. The van der Waals surface area contributed by atoms with E-state index in [-0.39, 0.29) is 0 Å². The topological polar surface area (TPSA) is 48.1 Å². The molecule has 2 N–H and O–H groups in total. The molecule has 0 saturated heterocycles. The Morgan fingerprint density at radius 3 is 2.79 bits per heavy atom. The molecule has 3 heteroatoms. The predicted octanol–water partition coefficient (Wildman–Crippen LogP) is 3.26. The zero-order valence-corrected chi connectivity index (χ0v) is 11.1. The Bertz CT molecular complexity index is 562. The minimum atomic E-state index is 0.470. The Morgan fingerprint density at radius 1 is 1.21 bits per heavy atom. The average molecular weight is 256 g/mol. The summed E-state index contributed by atoms with van der Waals surface area (Å²) in [5.41, 5.74) is 7.78. The first-order valence-electron chi connectivity index (χ1n) is 7.08. The number of para-hydroxylation sites is 1. The third-order valence-corrected chi connectivity index (χ3v) is 3.91. The molecule has 1 aromatic carbocycles. The third-order valence-electron chi connectivity index (χ3n) is 3.91. The minimum Gasteiger partial charge on any atom is -0.477 e. The highest BCUT2D eigenvalue weighted by atomic mass is 16.5. The first-order valence-corrected chi connectivity index (χ1v) is 7.08. The summed E-state index contributed by atoms with van der Waals surface area (Å²) in [5.74, 6) is 1.41. The number of nitrogens with two attached hydrogens (primary N) is 1. The molecule has 1 aliphatic carbocycles. The number of fused-ring (bicyclic) bond motifs is 1. The van der Waals surface area contributed by atoms with Crippen molar-refractivity contribution in [3.8, 4) is 5.88 Å². The van der Waals surface area contributed by atoms with Crippen LogP contribution in [0.15, 0.2) is 30.3 Å². The van der Waals surface area contributed by atoms with Gasteiger partial charge in [0.15, 0.2) is 0 Å². The van der Waals surface area contributed by atoms with E-state index in [4.69, 9.17) is 10.5 Å². The van der Waals surface area contributed by atoms with Gasteiger partial charge in [-0.1, -0.05) is 31.0 Å². The molecule has 19 heavy (non-hydrogen) atoms. The largest absolute Gasteiger partial charge is 0.477 e. The third kappa shape index (κ3) is 2.71. The van der Waals surface area contributed by atoms with Crippen LogP contribution in [0.1, 0.15) is 31.2 Å². The first kappa shape index (κ1) is 12.4. The number of hydrogen-bond donors (Lipinski definition) is 1. The van der Waals surface area contributed by atoms with Crippen LogP contribution in [0.3, 0.4) is 0 Å². The van der Waals surface area contributed by atoms with Crippen LogP contribution in [0.5, 0.6) is 5.88 Å². The highest BCUT2D eigenvalue weighted by molar-refractivity contribution is 5.80. The van der Waals surface area contributed by atoms with Gasteiger partial charge in [-0.2, -0.15) is 0 Å². The molecule has 1 heterocycles. The van der Waals surface area contributed by atoms with Gasteiger partial charge in [-0.15, -0.1) is 0 Å². The van der Waals surface area contributed by atoms with Gasteiger partial charge in [-0.05, 0) is 30.9 Å². The van der Waals surface area contributed by atoms with E-state index in [1.54, 1.807) is 0 Å². The second kappa shape index (κ2) is 5.57. The zero-order chi connectivity index (χ0) is 13.1. The maximum absolute atomic E-state index is 5.93. The molecule has 0 atom stereocenters. The summed E-state index contributed by atoms with van der Waals surface area (Å²) in [6, 6.07) is 10.2. The van der Waals surface area contributed by atoms with Crippen molar-refractivity contribution in [2.45, 2.75) is 32.2 Å². The van der Waals surface area contributed by atoms with E-state index >= 15 is 0 Å². The van der Waals surface area contributed by atoms with Crippen LogP contribution in [-0.4, -0.2) is 11.6 Å². The summed E-state index contributed by atoms with van der Waals surface area (Å²) < 4.78 is 5.93. The molecule has 0 unspecified atom stereocenters. The summed E-state index contributed by atoms with van der Waals surface area (Å²) in [4.78, 5) is 4.60. The predicted molar refractivity (Wildman–Crippen MR) is 77.1 cm³/mol. The summed E-state index contributed by atoms with van der Waals surface area (Å²) in [6.07, 6.45) is 5.24. The average Bonchev–Trinajstić information content (AvgIpc) is 2.97. The van der Waals surface area contributed by atoms with Crippen LogP contribution < -0.4 is 10.5 Å². The lowest BCUT2D eigenvalue weighted by atomic mass is 10.1.